The van der Waals surface area contributed by atoms with Crippen LogP contribution in [0.5, 0.6) is 0 Å². The highest BCUT2D eigenvalue weighted by Crippen LogP contribution is 2.22. The van der Waals surface area contributed by atoms with Crippen LogP contribution in [0.15, 0.2) is 42.5 Å². The van der Waals surface area contributed by atoms with E-state index >= 15 is 0 Å². The van der Waals surface area contributed by atoms with Crippen LogP contribution >= 0.6 is 0 Å². The summed E-state index contributed by atoms with van der Waals surface area (Å²) in [6, 6.07) is 11.9. The van der Waals surface area contributed by atoms with Gasteiger partial charge in [0.1, 0.15) is 6.04 Å². The van der Waals surface area contributed by atoms with E-state index in [0.717, 1.165) is 10.8 Å². The van der Waals surface area contributed by atoms with Gasteiger partial charge in [0, 0.05) is 5.39 Å². The smallest absolute Gasteiger partial charge is 0.326 e. The molecule has 5 nitrogen and oxygen atoms in total. The first kappa shape index (κ1) is 15.8. The van der Waals surface area contributed by atoms with Crippen LogP contribution < -0.4 is 10.6 Å². The average Bonchev–Trinajstić information content (AvgIpc) is 2.46. The third-order valence-electron chi connectivity index (χ3n) is 3.35. The zero-order valence-corrected chi connectivity index (χ0v) is 12.7. The minimum absolute atomic E-state index is 0.180. The maximum atomic E-state index is 12.1. The number of nitrogens with one attached hydrogen (secondary N) is 2. The second-order valence-corrected chi connectivity index (χ2v) is 5.65. The van der Waals surface area contributed by atoms with Gasteiger partial charge >= 0.3 is 12.0 Å². The lowest BCUT2D eigenvalue weighted by atomic mass is 10.0. The van der Waals surface area contributed by atoms with Crippen LogP contribution in [0.3, 0.4) is 0 Å². The van der Waals surface area contributed by atoms with Crippen molar-refractivity contribution in [3.63, 3.8) is 0 Å². The Morgan fingerprint density at radius 3 is 2.45 bits per heavy atom. The standard InChI is InChI=1S/C17H20N2O3/c1-11(2)10-15(16(20)21)19-17(22)18-14-9-5-7-12-6-3-4-8-13(12)14/h3-9,11,15H,10H2,1-2H3,(H,20,21)(H2,18,19,22)/t15-/m1/s1. The Morgan fingerprint density at radius 2 is 1.77 bits per heavy atom. The van der Waals surface area contributed by atoms with Gasteiger partial charge in [0.25, 0.3) is 0 Å². The molecule has 116 valence electrons. The Balaban J connectivity index is 2.12. The average molecular weight is 300 g/mol. The van der Waals surface area contributed by atoms with Crippen molar-refractivity contribution in [1.29, 1.82) is 0 Å². The molecule has 2 amide bonds. The molecule has 22 heavy (non-hydrogen) atoms. The Labute approximate surface area is 129 Å². The molecule has 2 aromatic rings. The number of carboxylic acids is 1. The number of amides is 2. The van der Waals surface area contributed by atoms with Crippen LogP contribution in [0.1, 0.15) is 20.3 Å². The normalized spacial score (nSPS) is 12.1. The summed E-state index contributed by atoms with van der Waals surface area (Å²) < 4.78 is 0. The topological polar surface area (TPSA) is 78.4 Å². The molecule has 0 saturated heterocycles. The Bertz CT molecular complexity index is 677. The van der Waals surface area contributed by atoms with E-state index in [2.05, 4.69) is 10.6 Å². The van der Waals surface area contributed by atoms with Crippen molar-refractivity contribution in [3.05, 3.63) is 42.5 Å². The summed E-state index contributed by atoms with van der Waals surface area (Å²) in [6.07, 6.45) is 0.387. The van der Waals surface area contributed by atoms with Crippen molar-refractivity contribution < 1.29 is 14.7 Å². The highest BCUT2D eigenvalue weighted by molar-refractivity contribution is 6.02. The number of aliphatic carboxylic acids is 1. The molecular formula is C17H20N2O3. The van der Waals surface area contributed by atoms with Crippen LogP contribution in [0, 0.1) is 5.92 Å². The number of rotatable bonds is 5. The quantitative estimate of drug-likeness (QED) is 0.791. The van der Waals surface area contributed by atoms with Crippen LogP contribution in [0.25, 0.3) is 10.8 Å². The summed E-state index contributed by atoms with van der Waals surface area (Å²) in [4.78, 5) is 23.3. The maximum absolute atomic E-state index is 12.1. The van der Waals surface area contributed by atoms with Gasteiger partial charge in [0.05, 0.1) is 5.69 Å². The van der Waals surface area contributed by atoms with Crippen molar-refractivity contribution in [2.75, 3.05) is 5.32 Å². The van der Waals surface area contributed by atoms with E-state index in [1.165, 1.54) is 0 Å². The van der Waals surface area contributed by atoms with Gasteiger partial charge < -0.3 is 15.7 Å². The molecule has 2 rings (SSSR count). The zero-order valence-electron chi connectivity index (χ0n) is 12.7. The first-order valence-corrected chi connectivity index (χ1v) is 7.25. The number of urea groups is 1. The molecule has 0 unspecified atom stereocenters. The van der Waals surface area contributed by atoms with Gasteiger partial charge in [-0.2, -0.15) is 0 Å². The number of fused-ring (bicyclic) bond motifs is 1. The predicted molar refractivity (Wildman–Crippen MR) is 87.0 cm³/mol. The fraction of sp³-hybridized carbons (Fsp3) is 0.294. The van der Waals surface area contributed by atoms with Crippen molar-refractivity contribution >= 4 is 28.5 Å². The van der Waals surface area contributed by atoms with E-state index in [0.29, 0.717) is 12.1 Å². The van der Waals surface area contributed by atoms with Gasteiger partial charge in [-0.25, -0.2) is 9.59 Å². The molecule has 0 aliphatic carbocycles. The Kier molecular flexibility index (Phi) is 4.99. The summed E-state index contributed by atoms with van der Waals surface area (Å²) in [5.41, 5.74) is 0.657. The van der Waals surface area contributed by atoms with Gasteiger partial charge in [0.15, 0.2) is 0 Å². The minimum Gasteiger partial charge on any atom is -0.480 e. The van der Waals surface area contributed by atoms with E-state index in [1.807, 2.05) is 50.2 Å². The highest BCUT2D eigenvalue weighted by Gasteiger charge is 2.21. The third-order valence-corrected chi connectivity index (χ3v) is 3.35. The lowest BCUT2D eigenvalue weighted by Crippen LogP contribution is -2.43. The number of carboxylic acid groups (broad SMARTS) is 1. The van der Waals surface area contributed by atoms with Crippen molar-refractivity contribution in [3.8, 4) is 0 Å². The van der Waals surface area contributed by atoms with Crippen molar-refractivity contribution in [2.45, 2.75) is 26.3 Å². The number of carbonyl (C=O) groups excluding carboxylic acids is 1. The largest absolute Gasteiger partial charge is 0.480 e. The van der Waals surface area contributed by atoms with Gasteiger partial charge in [-0.1, -0.05) is 50.2 Å². The Hall–Kier alpha value is -2.56. The molecule has 0 aliphatic heterocycles. The summed E-state index contributed by atoms with van der Waals surface area (Å²) in [5, 5.41) is 16.3. The molecule has 2 aromatic carbocycles. The number of carbonyl (C=O) groups is 2. The number of hydrogen-bond donors (Lipinski definition) is 3. The number of benzene rings is 2. The predicted octanol–water partition coefficient (Wildman–Crippen LogP) is 3.46. The molecular weight excluding hydrogens is 280 g/mol. The lowest BCUT2D eigenvalue weighted by Gasteiger charge is -2.17. The molecule has 1 atom stereocenters. The van der Waals surface area contributed by atoms with Gasteiger partial charge in [-0.05, 0) is 23.8 Å². The summed E-state index contributed by atoms with van der Waals surface area (Å²) in [5.74, 6) is -0.847. The fourth-order valence-corrected chi connectivity index (χ4v) is 2.34. The molecule has 5 heteroatoms. The second-order valence-electron chi connectivity index (χ2n) is 5.65. The number of hydrogen-bond acceptors (Lipinski definition) is 2. The number of anilines is 1. The third kappa shape index (κ3) is 3.97. The lowest BCUT2D eigenvalue weighted by molar-refractivity contribution is -0.139. The van der Waals surface area contributed by atoms with E-state index < -0.39 is 18.0 Å². The van der Waals surface area contributed by atoms with Crippen LogP contribution in [0.4, 0.5) is 10.5 Å². The van der Waals surface area contributed by atoms with Crippen LogP contribution in [-0.2, 0) is 4.79 Å². The van der Waals surface area contributed by atoms with E-state index in [-0.39, 0.29) is 5.92 Å². The van der Waals surface area contributed by atoms with Crippen LogP contribution in [-0.4, -0.2) is 23.1 Å². The van der Waals surface area contributed by atoms with Crippen LogP contribution in [0.2, 0.25) is 0 Å². The summed E-state index contributed by atoms with van der Waals surface area (Å²) in [6.45, 7) is 3.83. The highest BCUT2D eigenvalue weighted by atomic mass is 16.4. The summed E-state index contributed by atoms with van der Waals surface area (Å²) >= 11 is 0. The fourth-order valence-electron chi connectivity index (χ4n) is 2.34. The monoisotopic (exact) mass is 300 g/mol. The maximum Gasteiger partial charge on any atom is 0.326 e. The van der Waals surface area contributed by atoms with Crippen molar-refractivity contribution in [2.24, 2.45) is 5.92 Å². The molecule has 0 aliphatic rings. The van der Waals surface area contributed by atoms with E-state index in [9.17, 15) is 9.59 Å². The summed E-state index contributed by atoms with van der Waals surface area (Å²) in [7, 11) is 0. The molecule has 0 heterocycles. The molecule has 0 radical (unpaired) electrons. The van der Waals surface area contributed by atoms with E-state index in [1.54, 1.807) is 6.07 Å². The van der Waals surface area contributed by atoms with Gasteiger partial charge in [-0.3, -0.25) is 0 Å². The molecule has 0 bridgehead atoms. The minimum atomic E-state index is -1.03. The van der Waals surface area contributed by atoms with Gasteiger partial charge in [0.2, 0.25) is 0 Å². The molecule has 0 saturated carbocycles. The van der Waals surface area contributed by atoms with Gasteiger partial charge in [-0.15, -0.1) is 0 Å². The van der Waals surface area contributed by atoms with Crippen molar-refractivity contribution in [1.82, 2.24) is 5.32 Å². The first-order chi connectivity index (χ1) is 10.5. The molecule has 3 N–H and O–H groups in total. The zero-order chi connectivity index (χ0) is 16.1. The molecule has 0 aromatic heterocycles. The Morgan fingerprint density at radius 1 is 1.09 bits per heavy atom. The van der Waals surface area contributed by atoms with E-state index in [4.69, 9.17) is 5.11 Å². The molecule has 0 spiro atoms. The second kappa shape index (κ2) is 6.93. The first-order valence-electron chi connectivity index (χ1n) is 7.25. The molecule has 0 fully saturated rings. The SMILES string of the molecule is CC(C)C[C@@H](NC(=O)Nc1cccc2ccccc12)C(=O)O.